The Morgan fingerprint density at radius 1 is 1.00 bits per heavy atom. The van der Waals surface area contributed by atoms with E-state index in [1.165, 1.54) is 25.1 Å². The van der Waals surface area contributed by atoms with E-state index in [4.69, 9.17) is 5.73 Å². The second-order valence-electron chi connectivity index (χ2n) is 6.66. The molecule has 0 fully saturated rings. The number of hydrogen-bond donors (Lipinski definition) is 3. The minimum Gasteiger partial charge on any atom is -0.368 e. The molecule has 0 saturated carbocycles. The largest absolute Gasteiger partial charge is 0.368 e. The molecule has 0 saturated heterocycles. The van der Waals surface area contributed by atoms with Gasteiger partial charge in [-0.25, -0.2) is 4.39 Å². The fraction of sp³-hybridized carbons (Fsp3) is 0.286. The van der Waals surface area contributed by atoms with E-state index in [-0.39, 0.29) is 24.2 Å². The maximum atomic E-state index is 14.0. The molecule has 3 amide bonds. The molecule has 2 rings (SSSR count). The van der Waals surface area contributed by atoms with Crippen LogP contribution in [0.15, 0.2) is 59.5 Å². The highest BCUT2D eigenvalue weighted by Crippen LogP contribution is 2.11. The lowest BCUT2D eigenvalue weighted by Crippen LogP contribution is -2.53. The number of carbonyl (C=O) groups excluding carboxylic acids is 3. The van der Waals surface area contributed by atoms with Crippen LogP contribution in [0.5, 0.6) is 0 Å². The molecule has 0 aliphatic rings. The smallest absolute Gasteiger partial charge is 0.243 e. The van der Waals surface area contributed by atoms with Gasteiger partial charge in [-0.2, -0.15) is 0 Å². The molecule has 0 aromatic heterocycles. The van der Waals surface area contributed by atoms with Crippen LogP contribution >= 0.6 is 0 Å². The Hall–Kier alpha value is -3.07. The van der Waals surface area contributed by atoms with Crippen molar-refractivity contribution in [3.05, 3.63) is 66.0 Å². The quantitative estimate of drug-likeness (QED) is 0.519. The zero-order valence-electron chi connectivity index (χ0n) is 16.5. The molecular weight excluding hydrogens is 409 g/mol. The molecule has 0 aliphatic carbocycles. The number of nitrogens with two attached hydrogens (primary N) is 1. The average Bonchev–Trinajstić information content (AvgIpc) is 2.71. The number of benzene rings is 2. The van der Waals surface area contributed by atoms with Gasteiger partial charge < -0.3 is 16.4 Å². The maximum absolute atomic E-state index is 14.0. The Morgan fingerprint density at radius 2 is 1.63 bits per heavy atom. The van der Waals surface area contributed by atoms with Crippen molar-refractivity contribution in [2.75, 3.05) is 5.75 Å². The van der Waals surface area contributed by atoms with Crippen LogP contribution in [-0.4, -0.2) is 39.8 Å². The van der Waals surface area contributed by atoms with Crippen molar-refractivity contribution in [3.63, 3.8) is 0 Å². The molecule has 0 bridgehead atoms. The topological polar surface area (TPSA) is 118 Å². The Bertz CT molecular complexity index is 923. The molecule has 0 spiro atoms. The third-order valence-electron chi connectivity index (χ3n) is 4.33. The van der Waals surface area contributed by atoms with Crippen LogP contribution in [-0.2, 0) is 31.6 Å². The Morgan fingerprint density at radius 3 is 2.23 bits per heavy atom. The summed E-state index contributed by atoms with van der Waals surface area (Å²) in [6.45, 7) is 1.23. The summed E-state index contributed by atoms with van der Waals surface area (Å²) in [5.74, 6) is -2.35. The molecule has 2 aromatic carbocycles. The summed E-state index contributed by atoms with van der Waals surface area (Å²) in [5.41, 5.74) is 5.63. The van der Waals surface area contributed by atoms with Crippen molar-refractivity contribution in [2.24, 2.45) is 5.73 Å². The van der Waals surface area contributed by atoms with Crippen molar-refractivity contribution in [2.45, 2.75) is 36.7 Å². The average molecular weight is 434 g/mol. The summed E-state index contributed by atoms with van der Waals surface area (Å²) in [4.78, 5) is 36.6. The van der Waals surface area contributed by atoms with Gasteiger partial charge in [0.25, 0.3) is 0 Å². The Kier molecular flexibility index (Phi) is 8.67. The first-order valence-electron chi connectivity index (χ1n) is 9.31. The summed E-state index contributed by atoms with van der Waals surface area (Å²) in [7, 11) is -1.37. The lowest BCUT2D eigenvalue weighted by atomic mass is 10.0. The van der Waals surface area contributed by atoms with Gasteiger partial charge in [-0.05, 0) is 30.2 Å². The monoisotopic (exact) mass is 433 g/mol. The van der Waals surface area contributed by atoms with E-state index in [1.54, 1.807) is 36.4 Å². The molecule has 160 valence electrons. The minimum atomic E-state index is -1.37. The molecule has 0 aliphatic heterocycles. The summed E-state index contributed by atoms with van der Waals surface area (Å²) in [6, 6.07) is 12.4. The predicted molar refractivity (Wildman–Crippen MR) is 111 cm³/mol. The van der Waals surface area contributed by atoms with Crippen molar-refractivity contribution >= 4 is 28.5 Å². The van der Waals surface area contributed by atoms with E-state index in [2.05, 4.69) is 10.6 Å². The van der Waals surface area contributed by atoms with Crippen molar-refractivity contribution in [3.8, 4) is 0 Å². The van der Waals surface area contributed by atoms with Gasteiger partial charge in [0.2, 0.25) is 17.7 Å². The van der Waals surface area contributed by atoms with Crippen LogP contribution < -0.4 is 16.4 Å². The van der Waals surface area contributed by atoms with Gasteiger partial charge in [-0.3, -0.25) is 18.6 Å². The van der Waals surface area contributed by atoms with Crippen LogP contribution in [0.2, 0.25) is 0 Å². The number of nitrogens with one attached hydrogen (secondary N) is 2. The molecule has 0 heterocycles. The number of halogens is 1. The molecule has 30 heavy (non-hydrogen) atoms. The van der Waals surface area contributed by atoms with Crippen molar-refractivity contribution in [1.29, 1.82) is 0 Å². The second-order valence-corrected chi connectivity index (χ2v) is 8.23. The molecule has 4 N–H and O–H groups in total. The third kappa shape index (κ3) is 7.07. The van der Waals surface area contributed by atoms with Crippen LogP contribution in [0.25, 0.3) is 0 Å². The van der Waals surface area contributed by atoms with Gasteiger partial charge in [0.05, 0.1) is 10.8 Å². The van der Waals surface area contributed by atoms with Gasteiger partial charge in [0, 0.05) is 24.0 Å². The van der Waals surface area contributed by atoms with Crippen molar-refractivity contribution < 1.29 is 23.0 Å². The van der Waals surface area contributed by atoms with E-state index < -0.39 is 46.4 Å². The Balaban J connectivity index is 2.06. The maximum Gasteiger partial charge on any atom is 0.243 e. The van der Waals surface area contributed by atoms with E-state index in [9.17, 15) is 23.0 Å². The zero-order valence-corrected chi connectivity index (χ0v) is 17.3. The fourth-order valence-electron chi connectivity index (χ4n) is 2.81. The number of rotatable bonds is 10. The molecule has 7 nitrogen and oxygen atoms in total. The molecule has 9 heteroatoms. The highest BCUT2D eigenvalue weighted by Gasteiger charge is 2.26. The molecule has 2 aromatic rings. The van der Waals surface area contributed by atoms with Gasteiger partial charge in [0.15, 0.2) is 0 Å². The first-order valence-corrected chi connectivity index (χ1v) is 10.6. The predicted octanol–water partition coefficient (Wildman–Crippen LogP) is 1.04. The van der Waals surface area contributed by atoms with E-state index >= 15 is 0 Å². The van der Waals surface area contributed by atoms with E-state index in [0.717, 1.165) is 0 Å². The van der Waals surface area contributed by atoms with Gasteiger partial charge in [0.1, 0.15) is 17.9 Å². The number of primary amides is 1. The fourth-order valence-corrected chi connectivity index (χ4v) is 3.96. The summed E-state index contributed by atoms with van der Waals surface area (Å²) < 4.78 is 26.3. The van der Waals surface area contributed by atoms with Crippen LogP contribution in [0.3, 0.4) is 0 Å². The molecule has 3 atom stereocenters. The summed E-state index contributed by atoms with van der Waals surface area (Å²) >= 11 is 0. The van der Waals surface area contributed by atoms with Crippen LogP contribution in [0, 0.1) is 5.82 Å². The minimum absolute atomic E-state index is 0.0507. The normalized spacial score (nSPS) is 13.7. The lowest BCUT2D eigenvalue weighted by Gasteiger charge is -2.21. The van der Waals surface area contributed by atoms with Gasteiger partial charge in [-0.1, -0.05) is 36.4 Å². The molecule has 0 unspecified atom stereocenters. The summed E-state index contributed by atoms with van der Waals surface area (Å²) in [5, 5.41) is 4.94. The first kappa shape index (κ1) is 23.2. The summed E-state index contributed by atoms with van der Waals surface area (Å²) in [6.07, 6.45) is -0.0470. The number of amides is 3. The third-order valence-corrected chi connectivity index (χ3v) is 5.74. The molecular formula is C21H24FN3O4S. The highest BCUT2D eigenvalue weighted by molar-refractivity contribution is 7.85. The van der Waals surface area contributed by atoms with Gasteiger partial charge in [-0.15, -0.1) is 0 Å². The van der Waals surface area contributed by atoms with Gasteiger partial charge >= 0.3 is 0 Å². The second kappa shape index (κ2) is 11.2. The zero-order chi connectivity index (χ0) is 22.1. The molecule has 0 radical (unpaired) electrons. The van der Waals surface area contributed by atoms with E-state index in [0.29, 0.717) is 4.90 Å². The SMILES string of the molecule is CC(=O)N[C@@H](Cc1ccccc1F)C(=O)N[C@H](CC[S@](=O)c1ccccc1)C(N)=O. The Labute approximate surface area is 176 Å². The van der Waals surface area contributed by atoms with E-state index in [1.807, 2.05) is 0 Å². The number of hydrogen-bond acceptors (Lipinski definition) is 4. The first-order chi connectivity index (χ1) is 14.3. The number of carbonyl (C=O) groups is 3. The van der Waals surface area contributed by atoms with Crippen LogP contribution in [0.1, 0.15) is 18.9 Å². The lowest BCUT2D eigenvalue weighted by molar-refractivity contribution is -0.130. The highest BCUT2D eigenvalue weighted by atomic mass is 32.2. The van der Waals surface area contributed by atoms with Crippen molar-refractivity contribution in [1.82, 2.24) is 10.6 Å². The standard InChI is InChI=1S/C21H24FN3O4S/c1-14(26)24-19(13-15-7-5-6-10-17(15)22)21(28)25-18(20(23)27)11-12-30(29)16-8-3-2-4-9-16/h2-10,18-19H,11-13H2,1H3,(H2,23,27)(H,24,26)(H,25,28)/t18-,19+,30+/m1/s1. The van der Waals surface area contributed by atoms with Crippen LogP contribution in [0.4, 0.5) is 4.39 Å².